The molecule has 8 heteroatoms. The number of hydrogen-bond donors (Lipinski definition) is 1. The van der Waals surface area contributed by atoms with Crippen molar-refractivity contribution in [3.63, 3.8) is 0 Å². The molecule has 0 unspecified atom stereocenters. The number of urea groups is 1. The summed E-state index contributed by atoms with van der Waals surface area (Å²) in [6.07, 6.45) is 1.43. The summed E-state index contributed by atoms with van der Waals surface area (Å²) in [5.74, 6) is 1.71. The maximum atomic E-state index is 13.2. The van der Waals surface area contributed by atoms with Crippen LogP contribution >= 0.6 is 0 Å². The zero-order chi connectivity index (χ0) is 24.8. The highest BCUT2D eigenvalue weighted by Gasteiger charge is 2.32. The van der Waals surface area contributed by atoms with Gasteiger partial charge in [-0.3, -0.25) is 9.69 Å². The molecule has 0 aromatic heterocycles. The number of methoxy groups -OCH3 is 2. The third-order valence-corrected chi connectivity index (χ3v) is 7.08. The van der Waals surface area contributed by atoms with Gasteiger partial charge in [0.2, 0.25) is 5.91 Å². The molecule has 2 saturated heterocycles. The van der Waals surface area contributed by atoms with Gasteiger partial charge in [-0.1, -0.05) is 18.2 Å². The van der Waals surface area contributed by atoms with Crippen LogP contribution in [0.4, 0.5) is 10.5 Å². The first-order valence-corrected chi connectivity index (χ1v) is 12.3. The van der Waals surface area contributed by atoms with Crippen LogP contribution in [0.15, 0.2) is 42.5 Å². The van der Waals surface area contributed by atoms with Crippen molar-refractivity contribution < 1.29 is 19.1 Å². The van der Waals surface area contributed by atoms with Gasteiger partial charge in [0.15, 0.2) is 11.5 Å². The summed E-state index contributed by atoms with van der Waals surface area (Å²) < 4.78 is 10.9. The van der Waals surface area contributed by atoms with Crippen LogP contribution in [0.2, 0.25) is 0 Å². The Balaban J connectivity index is 1.24. The van der Waals surface area contributed by atoms with Crippen molar-refractivity contribution in [1.82, 2.24) is 14.7 Å². The van der Waals surface area contributed by atoms with E-state index in [1.54, 1.807) is 19.1 Å². The zero-order valence-corrected chi connectivity index (χ0v) is 21.0. The number of carbonyl (C=O) groups excluding carboxylic acids is 2. The monoisotopic (exact) mass is 480 g/mol. The van der Waals surface area contributed by atoms with Crippen LogP contribution in [0.5, 0.6) is 11.5 Å². The topological polar surface area (TPSA) is 74.4 Å². The SMILES string of the molecule is COc1cc(C)c(CN2CCN(C(=O)C3CCN(C(=O)Nc4ccccc4)CC3)CC2)cc1OC. The molecule has 188 valence electrons. The lowest BCUT2D eigenvalue weighted by Crippen LogP contribution is -2.51. The zero-order valence-electron chi connectivity index (χ0n) is 21.0. The number of ether oxygens (including phenoxy) is 2. The summed E-state index contributed by atoms with van der Waals surface area (Å²) in [4.78, 5) is 31.9. The lowest BCUT2D eigenvalue weighted by Gasteiger charge is -2.38. The molecule has 0 spiro atoms. The third-order valence-electron chi connectivity index (χ3n) is 7.08. The molecule has 2 aromatic rings. The minimum absolute atomic E-state index is 0.00424. The Labute approximate surface area is 207 Å². The maximum absolute atomic E-state index is 13.2. The summed E-state index contributed by atoms with van der Waals surface area (Å²) in [6, 6.07) is 13.4. The van der Waals surface area contributed by atoms with Crippen molar-refractivity contribution in [2.24, 2.45) is 5.92 Å². The Bertz CT molecular complexity index is 1010. The first-order chi connectivity index (χ1) is 17.0. The van der Waals surface area contributed by atoms with E-state index in [0.29, 0.717) is 25.9 Å². The number of hydrogen-bond acceptors (Lipinski definition) is 5. The van der Waals surface area contributed by atoms with E-state index in [2.05, 4.69) is 17.1 Å². The molecule has 2 heterocycles. The van der Waals surface area contributed by atoms with Gasteiger partial charge in [0.25, 0.3) is 0 Å². The van der Waals surface area contributed by atoms with E-state index in [1.807, 2.05) is 47.4 Å². The van der Waals surface area contributed by atoms with E-state index in [4.69, 9.17) is 9.47 Å². The molecule has 1 N–H and O–H groups in total. The number of aryl methyl sites for hydroxylation is 1. The molecule has 0 atom stereocenters. The van der Waals surface area contributed by atoms with E-state index in [9.17, 15) is 9.59 Å². The Morgan fingerprint density at radius 3 is 2.14 bits per heavy atom. The van der Waals surface area contributed by atoms with Crippen molar-refractivity contribution in [3.05, 3.63) is 53.6 Å². The van der Waals surface area contributed by atoms with Gasteiger partial charge in [0, 0.05) is 57.4 Å². The number of piperidine rings is 1. The lowest BCUT2D eigenvalue weighted by atomic mass is 9.95. The van der Waals surface area contributed by atoms with Crippen molar-refractivity contribution in [3.8, 4) is 11.5 Å². The molecule has 4 rings (SSSR count). The summed E-state index contributed by atoms with van der Waals surface area (Å²) in [6.45, 7) is 7.28. The molecular weight excluding hydrogens is 444 g/mol. The molecule has 35 heavy (non-hydrogen) atoms. The van der Waals surface area contributed by atoms with Crippen LogP contribution in [0.1, 0.15) is 24.0 Å². The normalized spacial score (nSPS) is 17.2. The van der Waals surface area contributed by atoms with E-state index < -0.39 is 0 Å². The highest BCUT2D eigenvalue weighted by atomic mass is 16.5. The number of carbonyl (C=O) groups is 2. The van der Waals surface area contributed by atoms with Crippen molar-refractivity contribution in [1.29, 1.82) is 0 Å². The largest absolute Gasteiger partial charge is 0.493 e. The standard InChI is InChI=1S/C27H36N4O4/c1-20-17-24(34-2)25(35-3)18-22(20)19-29-13-15-30(16-14-29)26(32)21-9-11-31(12-10-21)27(33)28-23-7-5-4-6-8-23/h4-8,17-18,21H,9-16,19H2,1-3H3,(H,28,33). The molecule has 2 fully saturated rings. The maximum Gasteiger partial charge on any atom is 0.321 e. The number of likely N-dealkylation sites (tertiary alicyclic amines) is 1. The minimum Gasteiger partial charge on any atom is -0.493 e. The van der Waals surface area contributed by atoms with Gasteiger partial charge < -0.3 is 24.6 Å². The molecular formula is C27H36N4O4. The number of benzene rings is 2. The number of anilines is 1. The van der Waals surface area contributed by atoms with Crippen molar-refractivity contribution in [2.45, 2.75) is 26.3 Å². The number of amides is 3. The van der Waals surface area contributed by atoms with E-state index in [0.717, 1.165) is 49.9 Å². The van der Waals surface area contributed by atoms with Gasteiger partial charge >= 0.3 is 6.03 Å². The summed E-state index contributed by atoms with van der Waals surface area (Å²) in [5.41, 5.74) is 3.17. The predicted molar refractivity (Wildman–Crippen MR) is 136 cm³/mol. The molecule has 8 nitrogen and oxygen atoms in total. The fourth-order valence-corrected chi connectivity index (χ4v) is 4.87. The Morgan fingerprint density at radius 2 is 1.51 bits per heavy atom. The molecule has 3 amide bonds. The summed E-state index contributed by atoms with van der Waals surface area (Å²) >= 11 is 0. The molecule has 0 radical (unpaired) electrons. The highest BCUT2D eigenvalue weighted by Crippen LogP contribution is 2.31. The Hall–Kier alpha value is -3.26. The second-order valence-electron chi connectivity index (χ2n) is 9.29. The van der Waals surface area contributed by atoms with Crippen molar-refractivity contribution in [2.75, 3.05) is 58.8 Å². The third kappa shape index (κ3) is 6.06. The van der Waals surface area contributed by atoms with Gasteiger partial charge in [-0.25, -0.2) is 4.79 Å². The average molecular weight is 481 g/mol. The first-order valence-electron chi connectivity index (χ1n) is 12.3. The van der Waals surface area contributed by atoms with Crippen LogP contribution in [0.3, 0.4) is 0 Å². The predicted octanol–water partition coefficient (Wildman–Crippen LogP) is 3.60. The summed E-state index contributed by atoms with van der Waals surface area (Å²) in [5, 5.41) is 2.93. The van der Waals surface area contributed by atoms with Gasteiger partial charge in [0.05, 0.1) is 14.2 Å². The Kier molecular flexibility index (Phi) is 8.13. The van der Waals surface area contributed by atoms with Crippen LogP contribution in [0, 0.1) is 12.8 Å². The lowest BCUT2D eigenvalue weighted by molar-refractivity contribution is -0.138. The highest BCUT2D eigenvalue weighted by molar-refractivity contribution is 5.89. The van der Waals surface area contributed by atoms with Gasteiger partial charge in [-0.2, -0.15) is 0 Å². The molecule has 2 aliphatic heterocycles. The van der Waals surface area contributed by atoms with E-state index in [-0.39, 0.29) is 17.9 Å². The smallest absolute Gasteiger partial charge is 0.321 e. The molecule has 0 saturated carbocycles. The van der Waals surface area contributed by atoms with Gasteiger partial charge in [-0.05, 0) is 55.2 Å². The first kappa shape index (κ1) is 24.9. The van der Waals surface area contributed by atoms with Crippen molar-refractivity contribution >= 4 is 17.6 Å². The van der Waals surface area contributed by atoms with E-state index >= 15 is 0 Å². The molecule has 2 aliphatic rings. The molecule has 0 bridgehead atoms. The number of nitrogens with one attached hydrogen (secondary N) is 1. The summed E-state index contributed by atoms with van der Waals surface area (Å²) in [7, 11) is 3.30. The van der Waals surface area contributed by atoms with Crippen LogP contribution < -0.4 is 14.8 Å². The van der Waals surface area contributed by atoms with Gasteiger partial charge in [-0.15, -0.1) is 0 Å². The quantitative estimate of drug-likeness (QED) is 0.684. The number of piperazine rings is 1. The molecule has 0 aliphatic carbocycles. The second-order valence-corrected chi connectivity index (χ2v) is 9.29. The fraction of sp³-hybridized carbons (Fsp3) is 0.481. The number of para-hydroxylation sites is 1. The van der Waals surface area contributed by atoms with Gasteiger partial charge in [0.1, 0.15) is 0 Å². The number of rotatable bonds is 6. The fourth-order valence-electron chi connectivity index (χ4n) is 4.87. The van der Waals surface area contributed by atoms with Crippen LogP contribution in [-0.2, 0) is 11.3 Å². The molecule has 2 aromatic carbocycles. The van der Waals surface area contributed by atoms with Crippen LogP contribution in [0.25, 0.3) is 0 Å². The minimum atomic E-state index is -0.0961. The second kappa shape index (κ2) is 11.4. The van der Waals surface area contributed by atoms with Crippen LogP contribution in [-0.4, -0.2) is 80.1 Å². The average Bonchev–Trinajstić information content (AvgIpc) is 2.90. The Morgan fingerprint density at radius 1 is 0.886 bits per heavy atom. The van der Waals surface area contributed by atoms with E-state index in [1.165, 1.54) is 11.1 Å². The number of nitrogens with zero attached hydrogens (tertiary/aromatic N) is 3.